The van der Waals surface area contributed by atoms with Crippen LogP contribution in [-0.2, 0) is 0 Å². The molecule has 0 radical (unpaired) electrons. The molecule has 0 bridgehead atoms. The normalized spacial score (nSPS) is 36.0. The van der Waals surface area contributed by atoms with Crippen molar-refractivity contribution in [2.24, 2.45) is 5.92 Å². The summed E-state index contributed by atoms with van der Waals surface area (Å²) in [6.45, 7) is 2.56. The number of rotatable bonds is 2. The molecule has 3 fully saturated rings. The largest absolute Gasteiger partial charge is 0.401 e. The lowest BCUT2D eigenvalue weighted by atomic mass is 9.83. The van der Waals surface area contributed by atoms with Gasteiger partial charge in [0.25, 0.3) is 0 Å². The van der Waals surface area contributed by atoms with Crippen molar-refractivity contribution in [3.8, 4) is 0 Å². The van der Waals surface area contributed by atoms with Crippen LogP contribution in [0.4, 0.5) is 13.2 Å². The summed E-state index contributed by atoms with van der Waals surface area (Å²) in [5.74, 6) is 0.445. The average molecular weight is 276 g/mol. The number of piperazine rings is 1. The van der Waals surface area contributed by atoms with E-state index in [4.69, 9.17) is 0 Å². The van der Waals surface area contributed by atoms with Gasteiger partial charge in [0.15, 0.2) is 0 Å². The Labute approximate surface area is 112 Å². The number of nitrogens with zero attached hydrogens (tertiary/aromatic N) is 1. The Morgan fingerprint density at radius 2 is 1.84 bits per heavy atom. The van der Waals surface area contributed by atoms with Crippen LogP contribution >= 0.6 is 0 Å². The van der Waals surface area contributed by atoms with Gasteiger partial charge in [-0.1, -0.05) is 12.8 Å². The highest BCUT2D eigenvalue weighted by Gasteiger charge is 2.54. The Bertz CT molecular complexity index is 345. The number of alkyl halides is 3. The summed E-state index contributed by atoms with van der Waals surface area (Å²) in [7, 11) is 0. The van der Waals surface area contributed by atoms with Crippen LogP contribution in [0.2, 0.25) is 0 Å². The van der Waals surface area contributed by atoms with Crippen molar-refractivity contribution < 1.29 is 13.2 Å². The minimum atomic E-state index is -4.09. The van der Waals surface area contributed by atoms with Gasteiger partial charge in [0.1, 0.15) is 0 Å². The number of hydrogen-bond acceptors (Lipinski definition) is 2. The van der Waals surface area contributed by atoms with Gasteiger partial charge in [-0.15, -0.1) is 0 Å². The smallest absolute Gasteiger partial charge is 0.308 e. The van der Waals surface area contributed by atoms with E-state index in [-0.39, 0.29) is 11.1 Å². The number of halogens is 3. The summed E-state index contributed by atoms with van der Waals surface area (Å²) in [4.78, 5) is 1.74. The molecule has 2 aliphatic carbocycles. The summed E-state index contributed by atoms with van der Waals surface area (Å²) in [5.41, 5.74) is -0.344. The highest BCUT2D eigenvalue weighted by molar-refractivity contribution is 5.10. The SMILES string of the molecule is CC1(C2CC2)CNC2(CCCC2)CN1CC(F)(F)F. The lowest BCUT2D eigenvalue weighted by molar-refractivity contribution is -0.169. The highest BCUT2D eigenvalue weighted by Crippen LogP contribution is 2.47. The summed E-state index contributed by atoms with van der Waals surface area (Å²) in [5, 5.41) is 3.61. The van der Waals surface area contributed by atoms with Crippen molar-refractivity contribution in [2.45, 2.75) is 62.7 Å². The predicted molar refractivity (Wildman–Crippen MR) is 68.0 cm³/mol. The standard InChI is InChI=1S/C14H23F3N2/c1-12(11-4-5-11)8-18-13(6-2-3-7-13)9-19(12)10-14(15,16)17/h11,18H,2-10H2,1H3. The van der Waals surface area contributed by atoms with Gasteiger partial charge in [-0.2, -0.15) is 13.2 Å². The van der Waals surface area contributed by atoms with E-state index in [0.717, 1.165) is 38.5 Å². The maximum absolute atomic E-state index is 12.9. The minimum absolute atomic E-state index is 0.0420. The molecule has 1 saturated heterocycles. The third-order valence-corrected chi connectivity index (χ3v) is 5.42. The van der Waals surface area contributed by atoms with Gasteiger partial charge >= 0.3 is 6.18 Å². The zero-order valence-corrected chi connectivity index (χ0v) is 11.5. The van der Waals surface area contributed by atoms with Gasteiger partial charge in [0.2, 0.25) is 0 Å². The molecule has 1 heterocycles. The molecular formula is C14H23F3N2. The quantitative estimate of drug-likeness (QED) is 0.834. The fourth-order valence-electron chi connectivity index (χ4n) is 4.03. The summed E-state index contributed by atoms with van der Waals surface area (Å²) in [6, 6.07) is 0. The topological polar surface area (TPSA) is 15.3 Å². The first kappa shape index (κ1) is 13.7. The Morgan fingerprint density at radius 3 is 2.37 bits per heavy atom. The van der Waals surface area contributed by atoms with E-state index >= 15 is 0 Å². The van der Waals surface area contributed by atoms with Crippen LogP contribution in [0.25, 0.3) is 0 Å². The molecule has 3 rings (SSSR count). The molecule has 19 heavy (non-hydrogen) atoms. The second kappa shape index (κ2) is 4.35. The predicted octanol–water partition coefficient (Wildman–Crippen LogP) is 2.94. The Morgan fingerprint density at radius 1 is 1.21 bits per heavy atom. The Kier molecular flexibility index (Phi) is 3.13. The Hall–Kier alpha value is -0.290. The monoisotopic (exact) mass is 276 g/mol. The average Bonchev–Trinajstić information content (AvgIpc) is 3.06. The van der Waals surface area contributed by atoms with Gasteiger partial charge in [-0.3, -0.25) is 4.90 Å². The molecule has 3 aliphatic rings. The van der Waals surface area contributed by atoms with Gasteiger partial charge in [-0.05, 0) is 38.5 Å². The van der Waals surface area contributed by atoms with Gasteiger partial charge < -0.3 is 5.32 Å². The van der Waals surface area contributed by atoms with Crippen LogP contribution in [0.5, 0.6) is 0 Å². The van der Waals surface area contributed by atoms with Crippen molar-refractivity contribution in [1.82, 2.24) is 10.2 Å². The van der Waals surface area contributed by atoms with E-state index in [1.807, 2.05) is 6.92 Å². The third kappa shape index (κ3) is 2.64. The maximum Gasteiger partial charge on any atom is 0.401 e. The lowest BCUT2D eigenvalue weighted by Gasteiger charge is -2.53. The van der Waals surface area contributed by atoms with E-state index in [0.29, 0.717) is 19.0 Å². The fraction of sp³-hybridized carbons (Fsp3) is 1.00. The molecule has 1 atom stereocenters. The second-order valence-corrected chi connectivity index (χ2v) is 6.94. The first-order chi connectivity index (χ1) is 8.83. The van der Waals surface area contributed by atoms with Gasteiger partial charge in [-0.25, -0.2) is 0 Å². The second-order valence-electron chi connectivity index (χ2n) is 6.94. The minimum Gasteiger partial charge on any atom is -0.308 e. The summed E-state index contributed by atoms with van der Waals surface area (Å²) >= 11 is 0. The molecule has 1 unspecified atom stereocenters. The third-order valence-electron chi connectivity index (χ3n) is 5.42. The molecule has 2 saturated carbocycles. The number of hydrogen-bond donors (Lipinski definition) is 1. The van der Waals surface area contributed by atoms with Crippen LogP contribution in [0, 0.1) is 5.92 Å². The van der Waals surface area contributed by atoms with Crippen molar-refractivity contribution in [3.63, 3.8) is 0 Å². The molecule has 0 aromatic carbocycles. The molecule has 0 amide bonds. The molecule has 5 heteroatoms. The maximum atomic E-state index is 12.9. The molecule has 0 aromatic rings. The van der Waals surface area contributed by atoms with Gasteiger partial charge in [0.05, 0.1) is 6.54 Å². The highest BCUT2D eigenvalue weighted by atomic mass is 19.4. The molecule has 0 aromatic heterocycles. The van der Waals surface area contributed by atoms with E-state index in [2.05, 4.69) is 5.32 Å². The van der Waals surface area contributed by atoms with E-state index < -0.39 is 12.7 Å². The molecule has 1 aliphatic heterocycles. The summed E-state index contributed by atoms with van der Waals surface area (Å²) in [6.07, 6.45) is 2.43. The molecule has 110 valence electrons. The van der Waals surface area contributed by atoms with E-state index in [9.17, 15) is 13.2 Å². The van der Waals surface area contributed by atoms with E-state index in [1.54, 1.807) is 4.90 Å². The first-order valence-electron chi connectivity index (χ1n) is 7.40. The molecule has 1 N–H and O–H groups in total. The van der Waals surface area contributed by atoms with Gasteiger partial charge in [0, 0.05) is 24.2 Å². The van der Waals surface area contributed by atoms with Crippen molar-refractivity contribution in [3.05, 3.63) is 0 Å². The van der Waals surface area contributed by atoms with E-state index in [1.165, 1.54) is 0 Å². The molecular weight excluding hydrogens is 253 g/mol. The molecule has 1 spiro atoms. The first-order valence-corrected chi connectivity index (χ1v) is 7.40. The van der Waals surface area contributed by atoms with Crippen LogP contribution in [0.3, 0.4) is 0 Å². The van der Waals surface area contributed by atoms with Crippen LogP contribution in [0.1, 0.15) is 45.4 Å². The Balaban J connectivity index is 1.79. The lowest BCUT2D eigenvalue weighted by Crippen LogP contribution is -2.70. The van der Waals surface area contributed by atoms with Crippen LogP contribution < -0.4 is 5.32 Å². The van der Waals surface area contributed by atoms with Crippen LogP contribution in [0.15, 0.2) is 0 Å². The van der Waals surface area contributed by atoms with Crippen molar-refractivity contribution in [1.29, 1.82) is 0 Å². The molecule has 2 nitrogen and oxygen atoms in total. The number of nitrogens with one attached hydrogen (secondary N) is 1. The summed E-state index contributed by atoms with van der Waals surface area (Å²) < 4.78 is 38.6. The van der Waals surface area contributed by atoms with Crippen LogP contribution in [-0.4, -0.2) is 41.8 Å². The zero-order chi connectivity index (χ0) is 13.7. The van der Waals surface area contributed by atoms with Crippen molar-refractivity contribution in [2.75, 3.05) is 19.6 Å². The fourth-order valence-corrected chi connectivity index (χ4v) is 4.03. The zero-order valence-electron chi connectivity index (χ0n) is 11.5. The van der Waals surface area contributed by atoms with Crippen molar-refractivity contribution >= 4 is 0 Å².